The summed E-state index contributed by atoms with van der Waals surface area (Å²) >= 11 is 0. The monoisotopic (exact) mass is 605 g/mol. The Morgan fingerprint density at radius 3 is 0.526 bits per heavy atom. The molecule has 0 aliphatic heterocycles. The number of halogens is 1. The molecule has 0 fully saturated rings. The van der Waals surface area contributed by atoms with E-state index in [9.17, 15) is 0 Å². The molecule has 0 aliphatic carbocycles. The second-order valence-corrected chi connectivity index (χ2v) is 7.29. The summed E-state index contributed by atoms with van der Waals surface area (Å²) in [5, 5.41) is 0. The Balaban J connectivity index is 0.000000195. The molecule has 0 atom stereocenters. The summed E-state index contributed by atoms with van der Waals surface area (Å²) in [5.74, 6) is 0. The van der Waals surface area contributed by atoms with Gasteiger partial charge in [0.2, 0.25) is 0 Å². The first kappa shape index (κ1) is 30.0. The Morgan fingerprint density at radius 1 is 0.263 bits per heavy atom. The van der Waals surface area contributed by atoms with Crippen molar-refractivity contribution in [3.05, 3.63) is 146 Å². The molecule has 0 saturated carbocycles. The molecule has 0 radical (unpaired) electrons. The molecule has 6 rings (SSSR count). The van der Waals surface area contributed by atoms with Gasteiger partial charge >= 0.3 is 19.5 Å². The molecule has 188 valence electrons. The quantitative estimate of drug-likeness (QED) is 0.288. The fourth-order valence-corrected chi connectivity index (χ4v) is 3.09. The summed E-state index contributed by atoms with van der Waals surface area (Å²) in [6.45, 7) is 0. The van der Waals surface area contributed by atoms with Crippen LogP contribution in [0.1, 0.15) is 0 Å². The van der Waals surface area contributed by atoms with Gasteiger partial charge in [0, 0.05) is 37.2 Å². The Kier molecular flexibility index (Phi) is 13.7. The fraction of sp³-hybridized carbons (Fsp3) is 0. The number of hydrogen-bond acceptors (Lipinski definition) is 6. The summed E-state index contributed by atoms with van der Waals surface area (Å²) < 4.78 is 0. The molecule has 0 saturated heterocycles. The van der Waals surface area contributed by atoms with Crippen molar-refractivity contribution in [1.29, 1.82) is 0 Å². The van der Waals surface area contributed by atoms with Gasteiger partial charge in [-0.2, -0.15) is 0 Å². The first-order chi connectivity index (χ1) is 17.9. The second-order valence-electron chi connectivity index (χ2n) is 7.29. The van der Waals surface area contributed by atoms with Gasteiger partial charge in [0.15, 0.2) is 0 Å². The van der Waals surface area contributed by atoms with E-state index in [-0.39, 0.29) is 31.9 Å². The van der Waals surface area contributed by atoms with E-state index in [0.29, 0.717) is 0 Å². The van der Waals surface area contributed by atoms with Crippen LogP contribution >= 0.6 is 0 Å². The molecule has 0 bridgehead atoms. The van der Waals surface area contributed by atoms with E-state index in [0.717, 1.165) is 34.2 Å². The molecule has 38 heavy (non-hydrogen) atoms. The van der Waals surface area contributed by atoms with Crippen LogP contribution in [-0.2, 0) is 19.5 Å². The third-order valence-electron chi connectivity index (χ3n) is 4.78. The zero-order valence-electron chi connectivity index (χ0n) is 20.3. The number of rotatable bonds is 3. The predicted molar refractivity (Wildman–Crippen MR) is 142 cm³/mol. The van der Waals surface area contributed by atoms with Crippen molar-refractivity contribution in [1.82, 2.24) is 29.9 Å². The van der Waals surface area contributed by atoms with Gasteiger partial charge in [-0.1, -0.05) is 36.4 Å². The Morgan fingerprint density at radius 2 is 0.421 bits per heavy atom. The van der Waals surface area contributed by atoms with Crippen LogP contribution in [0, 0.1) is 0 Å². The first-order valence-electron chi connectivity index (χ1n) is 11.4. The van der Waals surface area contributed by atoms with Crippen LogP contribution in [0.25, 0.3) is 34.2 Å². The summed E-state index contributed by atoms with van der Waals surface area (Å²) in [5.41, 5.74) is 5.49. The predicted octanol–water partition coefficient (Wildman–Crippen LogP) is 3.43. The van der Waals surface area contributed by atoms with Gasteiger partial charge in [-0.05, 0) is 72.8 Å². The van der Waals surface area contributed by atoms with E-state index >= 15 is 0 Å². The van der Waals surface area contributed by atoms with Crippen molar-refractivity contribution in [3.63, 3.8) is 0 Å². The van der Waals surface area contributed by atoms with E-state index in [2.05, 4.69) is 29.9 Å². The summed E-state index contributed by atoms with van der Waals surface area (Å²) in [6, 6.07) is 34.8. The van der Waals surface area contributed by atoms with Gasteiger partial charge in [0.05, 0.1) is 34.2 Å². The van der Waals surface area contributed by atoms with E-state index in [4.69, 9.17) is 0 Å². The Labute approximate surface area is 241 Å². The van der Waals surface area contributed by atoms with E-state index in [1.165, 1.54) is 0 Å². The van der Waals surface area contributed by atoms with Crippen molar-refractivity contribution in [2.24, 2.45) is 0 Å². The van der Waals surface area contributed by atoms with Gasteiger partial charge in [-0.25, -0.2) is 0 Å². The fourth-order valence-electron chi connectivity index (χ4n) is 3.09. The molecular formula is C30H24ClN6Ru+. The third-order valence-corrected chi connectivity index (χ3v) is 4.78. The van der Waals surface area contributed by atoms with E-state index < -0.39 is 0 Å². The molecule has 0 unspecified atom stereocenters. The van der Waals surface area contributed by atoms with Gasteiger partial charge in [0.25, 0.3) is 0 Å². The third kappa shape index (κ3) is 9.70. The van der Waals surface area contributed by atoms with Crippen molar-refractivity contribution in [3.8, 4) is 34.2 Å². The first-order valence-corrected chi connectivity index (χ1v) is 11.4. The van der Waals surface area contributed by atoms with Crippen molar-refractivity contribution in [2.75, 3.05) is 0 Å². The number of pyridine rings is 6. The zero-order valence-corrected chi connectivity index (χ0v) is 22.8. The van der Waals surface area contributed by atoms with Gasteiger partial charge in [-0.3, -0.25) is 29.9 Å². The summed E-state index contributed by atoms with van der Waals surface area (Å²) in [4.78, 5) is 25.1. The van der Waals surface area contributed by atoms with E-state index in [1.54, 1.807) is 37.2 Å². The topological polar surface area (TPSA) is 77.3 Å². The SMILES string of the molecule is [Cl-].[Ru+2].c1ccc(-c2ccccn2)nc1.c1ccc(-c2ccccn2)nc1.c1ccc(-c2ccccn2)nc1. The van der Waals surface area contributed by atoms with Crippen molar-refractivity contribution in [2.45, 2.75) is 0 Å². The maximum Gasteiger partial charge on any atom is 2.00 e. The largest absolute Gasteiger partial charge is 2.00 e. The summed E-state index contributed by atoms with van der Waals surface area (Å²) in [7, 11) is 0. The maximum atomic E-state index is 4.19. The molecule has 6 aromatic rings. The molecule has 0 spiro atoms. The number of hydrogen-bond donors (Lipinski definition) is 0. The van der Waals surface area contributed by atoms with Gasteiger partial charge in [0.1, 0.15) is 0 Å². The smallest absolute Gasteiger partial charge is 1.00 e. The molecular weight excluding hydrogens is 581 g/mol. The number of nitrogens with zero attached hydrogens (tertiary/aromatic N) is 6. The van der Waals surface area contributed by atoms with Crippen LogP contribution < -0.4 is 12.4 Å². The normalized spacial score (nSPS) is 9.16. The molecule has 8 heteroatoms. The van der Waals surface area contributed by atoms with Crippen LogP contribution in [0.5, 0.6) is 0 Å². The van der Waals surface area contributed by atoms with Crippen LogP contribution in [0.3, 0.4) is 0 Å². The standard InChI is InChI=1S/3C10H8N2.ClH.Ru/c3*1-3-7-11-9(5-1)10-6-2-4-8-12-10;;/h3*1-8H;1H;/q;;;;+2/p-1. The molecule has 6 nitrogen and oxygen atoms in total. The molecule has 0 N–H and O–H groups in total. The van der Waals surface area contributed by atoms with E-state index in [1.807, 2.05) is 109 Å². The average molecular weight is 605 g/mol. The van der Waals surface area contributed by atoms with Gasteiger partial charge < -0.3 is 12.4 Å². The van der Waals surface area contributed by atoms with Crippen molar-refractivity contribution >= 4 is 0 Å². The van der Waals surface area contributed by atoms with Crippen LogP contribution in [0.4, 0.5) is 0 Å². The Hall–Kier alpha value is -4.19. The summed E-state index contributed by atoms with van der Waals surface area (Å²) in [6.07, 6.45) is 10.6. The molecule has 6 aromatic heterocycles. The molecule has 0 aromatic carbocycles. The molecule has 0 amide bonds. The second kappa shape index (κ2) is 17.3. The van der Waals surface area contributed by atoms with Crippen molar-refractivity contribution < 1.29 is 31.9 Å². The number of aromatic nitrogens is 6. The molecule has 0 aliphatic rings. The minimum absolute atomic E-state index is 0. The van der Waals surface area contributed by atoms with Gasteiger partial charge in [-0.15, -0.1) is 0 Å². The zero-order chi connectivity index (χ0) is 24.7. The minimum Gasteiger partial charge on any atom is -1.00 e. The van der Waals surface area contributed by atoms with Crippen LogP contribution in [0.2, 0.25) is 0 Å². The Bertz CT molecular complexity index is 1110. The van der Waals surface area contributed by atoms with Crippen LogP contribution in [-0.4, -0.2) is 29.9 Å². The maximum absolute atomic E-state index is 4.19. The average Bonchev–Trinajstić information content (AvgIpc) is 3.01. The minimum atomic E-state index is 0. The van der Waals surface area contributed by atoms with Crippen LogP contribution in [0.15, 0.2) is 146 Å². The molecule has 6 heterocycles.